The van der Waals surface area contributed by atoms with Gasteiger partial charge in [0.2, 0.25) is 11.8 Å². The van der Waals surface area contributed by atoms with E-state index in [0.717, 1.165) is 36.1 Å². The number of unbranched alkanes of at least 4 members (excludes halogenated alkanes) is 1. The van der Waals surface area contributed by atoms with Gasteiger partial charge in [0, 0.05) is 36.7 Å². The first-order chi connectivity index (χ1) is 16.7. The predicted octanol–water partition coefficient (Wildman–Crippen LogP) is 5.50. The summed E-state index contributed by atoms with van der Waals surface area (Å²) in [5.74, 6) is -0.615. The Hall–Kier alpha value is -3.13. The highest BCUT2D eigenvalue weighted by Crippen LogP contribution is 2.40. The predicted molar refractivity (Wildman–Crippen MR) is 129 cm³/mol. The Morgan fingerprint density at radius 3 is 2.74 bits per heavy atom. The lowest BCUT2D eigenvalue weighted by atomic mass is 9.88. The van der Waals surface area contributed by atoms with Crippen molar-refractivity contribution in [3.05, 3.63) is 64.7 Å². The molecule has 0 spiro atoms. The Morgan fingerprint density at radius 2 is 2.00 bits per heavy atom. The molecule has 1 heterocycles. The molecule has 8 heteroatoms. The van der Waals surface area contributed by atoms with E-state index in [1.165, 1.54) is 17.0 Å². The van der Waals surface area contributed by atoms with Gasteiger partial charge in [0.1, 0.15) is 0 Å². The standard InChI is InChI=1S/C27H29F3N2O3/c1-2-3-7-26(35)32-13-12-18(21-11-9-19(15-24(21)32)27(28,29)30)14-25(34)31-23-6-4-5-17-8-10-20(33)16-22(17)23/h4-6,9,11,14-15,20,33H,2-3,7-8,10,12-13,16H2,1H3,(H,31,34)/b18-14+. The van der Waals surface area contributed by atoms with E-state index >= 15 is 0 Å². The summed E-state index contributed by atoms with van der Waals surface area (Å²) in [4.78, 5) is 27.1. The highest BCUT2D eigenvalue weighted by atomic mass is 19.4. The van der Waals surface area contributed by atoms with Gasteiger partial charge in [-0.2, -0.15) is 13.2 Å². The number of carbonyl (C=O) groups excluding carboxylic acids is 2. The first-order valence-electron chi connectivity index (χ1n) is 12.0. The quantitative estimate of drug-likeness (QED) is 0.548. The molecular formula is C27H29F3N2O3. The molecule has 5 nitrogen and oxygen atoms in total. The number of aliphatic hydroxyl groups is 1. The first-order valence-corrected chi connectivity index (χ1v) is 12.0. The number of carbonyl (C=O) groups is 2. The van der Waals surface area contributed by atoms with Crippen LogP contribution in [0, 0.1) is 0 Å². The van der Waals surface area contributed by atoms with Crippen LogP contribution in [0.2, 0.25) is 0 Å². The maximum Gasteiger partial charge on any atom is 0.416 e. The van der Waals surface area contributed by atoms with Crippen molar-refractivity contribution in [3.63, 3.8) is 0 Å². The average molecular weight is 487 g/mol. The number of nitrogens with zero attached hydrogens (tertiary/aromatic N) is 1. The summed E-state index contributed by atoms with van der Waals surface area (Å²) < 4.78 is 40.2. The van der Waals surface area contributed by atoms with Crippen molar-refractivity contribution in [3.8, 4) is 0 Å². The van der Waals surface area contributed by atoms with Crippen LogP contribution in [-0.4, -0.2) is 29.6 Å². The van der Waals surface area contributed by atoms with Gasteiger partial charge in [0.05, 0.1) is 17.4 Å². The molecule has 1 atom stereocenters. The van der Waals surface area contributed by atoms with Crippen LogP contribution in [0.1, 0.15) is 61.3 Å². The molecule has 2 amide bonds. The largest absolute Gasteiger partial charge is 0.416 e. The third-order valence-corrected chi connectivity index (χ3v) is 6.63. The molecule has 0 saturated heterocycles. The Labute approximate surface area is 202 Å². The van der Waals surface area contributed by atoms with E-state index in [0.29, 0.717) is 42.5 Å². The number of aryl methyl sites for hydroxylation is 1. The van der Waals surface area contributed by atoms with Gasteiger partial charge >= 0.3 is 6.18 Å². The summed E-state index contributed by atoms with van der Waals surface area (Å²) in [6.07, 6.45) is 0.360. The maximum absolute atomic E-state index is 13.4. The molecular weight excluding hydrogens is 457 g/mol. The number of halogens is 3. The molecule has 2 aliphatic rings. The number of rotatable bonds is 5. The molecule has 1 aliphatic carbocycles. The molecule has 4 rings (SSSR count). The number of alkyl halides is 3. The normalized spacial score (nSPS) is 18.7. The number of anilines is 2. The van der Waals surface area contributed by atoms with Gasteiger partial charge in [-0.3, -0.25) is 9.59 Å². The number of amides is 2. The van der Waals surface area contributed by atoms with Gasteiger partial charge in [-0.15, -0.1) is 0 Å². The molecule has 1 aliphatic heterocycles. The van der Waals surface area contributed by atoms with Crippen molar-refractivity contribution in [1.82, 2.24) is 0 Å². The van der Waals surface area contributed by atoms with E-state index in [-0.39, 0.29) is 24.6 Å². The van der Waals surface area contributed by atoms with Crippen LogP contribution >= 0.6 is 0 Å². The molecule has 35 heavy (non-hydrogen) atoms. The molecule has 0 bridgehead atoms. The molecule has 186 valence electrons. The maximum atomic E-state index is 13.4. The Kier molecular flexibility index (Phi) is 7.31. The molecule has 2 aromatic rings. The Bertz CT molecular complexity index is 1160. The van der Waals surface area contributed by atoms with Gasteiger partial charge in [0.15, 0.2) is 0 Å². The van der Waals surface area contributed by atoms with Crippen LogP contribution in [-0.2, 0) is 28.6 Å². The Morgan fingerprint density at radius 1 is 1.20 bits per heavy atom. The lowest BCUT2D eigenvalue weighted by Crippen LogP contribution is -2.35. The minimum absolute atomic E-state index is 0.187. The summed E-state index contributed by atoms with van der Waals surface area (Å²) in [5, 5.41) is 12.9. The van der Waals surface area contributed by atoms with Crippen molar-refractivity contribution in [1.29, 1.82) is 0 Å². The second-order valence-electron chi connectivity index (χ2n) is 9.13. The monoisotopic (exact) mass is 486 g/mol. The van der Waals surface area contributed by atoms with Crippen molar-refractivity contribution in [2.45, 2.75) is 64.1 Å². The number of hydrogen-bond acceptors (Lipinski definition) is 3. The van der Waals surface area contributed by atoms with E-state index in [4.69, 9.17) is 0 Å². The molecule has 0 radical (unpaired) electrons. The molecule has 2 aromatic carbocycles. The number of hydrogen-bond donors (Lipinski definition) is 2. The number of benzene rings is 2. The van der Waals surface area contributed by atoms with Crippen molar-refractivity contribution < 1.29 is 27.9 Å². The molecule has 2 N–H and O–H groups in total. The fourth-order valence-corrected chi connectivity index (χ4v) is 4.78. The smallest absolute Gasteiger partial charge is 0.393 e. The topological polar surface area (TPSA) is 69.6 Å². The molecule has 0 aromatic heterocycles. The molecule has 0 saturated carbocycles. The van der Waals surface area contributed by atoms with E-state index in [1.807, 2.05) is 19.1 Å². The van der Waals surface area contributed by atoms with Crippen LogP contribution in [0.4, 0.5) is 24.5 Å². The number of nitrogens with one attached hydrogen (secondary N) is 1. The summed E-state index contributed by atoms with van der Waals surface area (Å²) in [7, 11) is 0. The lowest BCUT2D eigenvalue weighted by Gasteiger charge is -2.32. The van der Waals surface area contributed by atoms with Gasteiger partial charge in [-0.1, -0.05) is 31.5 Å². The van der Waals surface area contributed by atoms with E-state index in [9.17, 15) is 27.9 Å². The van der Waals surface area contributed by atoms with Crippen molar-refractivity contribution in [2.75, 3.05) is 16.8 Å². The second kappa shape index (κ2) is 10.2. The number of aliphatic hydroxyl groups excluding tert-OH is 1. The van der Waals surface area contributed by atoms with E-state index < -0.39 is 23.8 Å². The highest BCUT2D eigenvalue weighted by molar-refractivity contribution is 6.07. The van der Waals surface area contributed by atoms with Gasteiger partial charge in [-0.05, 0) is 60.6 Å². The van der Waals surface area contributed by atoms with E-state index in [2.05, 4.69) is 5.32 Å². The zero-order valence-corrected chi connectivity index (χ0v) is 19.6. The zero-order valence-electron chi connectivity index (χ0n) is 19.6. The molecule has 0 fully saturated rings. The van der Waals surface area contributed by atoms with Crippen molar-refractivity contribution in [2.24, 2.45) is 0 Å². The Balaban J connectivity index is 1.64. The van der Waals surface area contributed by atoms with E-state index in [1.54, 1.807) is 6.07 Å². The fourth-order valence-electron chi connectivity index (χ4n) is 4.78. The summed E-state index contributed by atoms with van der Waals surface area (Å²) in [6.45, 7) is 2.16. The van der Waals surface area contributed by atoms with Gasteiger partial charge in [-0.25, -0.2) is 0 Å². The van der Waals surface area contributed by atoms with Crippen LogP contribution in [0.5, 0.6) is 0 Å². The zero-order chi connectivity index (χ0) is 25.2. The van der Waals surface area contributed by atoms with Crippen LogP contribution in [0.15, 0.2) is 42.5 Å². The van der Waals surface area contributed by atoms with Crippen molar-refractivity contribution >= 4 is 28.8 Å². The summed E-state index contributed by atoms with van der Waals surface area (Å²) in [6, 6.07) is 8.95. The minimum atomic E-state index is -4.54. The fraction of sp³-hybridized carbons (Fsp3) is 0.407. The summed E-state index contributed by atoms with van der Waals surface area (Å²) in [5.41, 5.74) is 3.01. The third kappa shape index (κ3) is 5.59. The average Bonchev–Trinajstić information content (AvgIpc) is 2.82. The SMILES string of the molecule is CCCCC(=O)N1CC/C(=C\C(=O)Nc2cccc3c2CC(O)CC3)c2ccc(C(F)(F)F)cc21. The highest BCUT2D eigenvalue weighted by Gasteiger charge is 2.34. The van der Waals surface area contributed by atoms with Crippen LogP contribution < -0.4 is 10.2 Å². The van der Waals surface area contributed by atoms with Crippen LogP contribution in [0.3, 0.4) is 0 Å². The van der Waals surface area contributed by atoms with Crippen LogP contribution in [0.25, 0.3) is 5.57 Å². The third-order valence-electron chi connectivity index (χ3n) is 6.63. The minimum Gasteiger partial charge on any atom is -0.393 e. The summed E-state index contributed by atoms with van der Waals surface area (Å²) >= 11 is 0. The van der Waals surface area contributed by atoms with Gasteiger partial charge < -0.3 is 15.3 Å². The van der Waals surface area contributed by atoms with Gasteiger partial charge in [0.25, 0.3) is 0 Å². The molecule has 1 unspecified atom stereocenters. The number of fused-ring (bicyclic) bond motifs is 2. The lowest BCUT2D eigenvalue weighted by molar-refractivity contribution is -0.137. The second-order valence-corrected chi connectivity index (χ2v) is 9.13. The first kappa shape index (κ1) is 25.0.